The number of benzene rings is 1. The summed E-state index contributed by atoms with van der Waals surface area (Å²) < 4.78 is 2.96. The summed E-state index contributed by atoms with van der Waals surface area (Å²) in [4.78, 5) is 11.1. The molecule has 0 bridgehead atoms. The molecular weight excluding hydrogens is 278 g/mol. The molecule has 2 nitrogen and oxygen atoms in total. The molecule has 0 aliphatic rings. The first kappa shape index (κ1) is 12.1. The van der Waals surface area contributed by atoms with Gasteiger partial charge in [0, 0.05) is 17.4 Å². The number of para-hydroxylation sites is 1. The zero-order chi connectivity index (χ0) is 12.4. The van der Waals surface area contributed by atoms with E-state index in [4.69, 9.17) is 0 Å². The number of fused-ring (bicyclic) bond motifs is 1. The summed E-state index contributed by atoms with van der Waals surface area (Å²) in [7, 11) is 0. The topological polar surface area (TPSA) is 22.0 Å². The smallest absolute Gasteiger partial charge is 0.153 e. The lowest BCUT2D eigenvalue weighted by Crippen LogP contribution is -1.96. The Kier molecular flexibility index (Phi) is 3.48. The molecule has 0 saturated carbocycles. The van der Waals surface area contributed by atoms with Crippen LogP contribution >= 0.6 is 15.9 Å². The molecule has 0 radical (unpaired) electrons. The molecule has 3 heteroatoms. The number of aldehydes is 1. The van der Waals surface area contributed by atoms with Crippen molar-refractivity contribution in [2.75, 3.05) is 0 Å². The van der Waals surface area contributed by atoms with Crippen molar-refractivity contribution < 1.29 is 4.79 Å². The van der Waals surface area contributed by atoms with E-state index < -0.39 is 0 Å². The van der Waals surface area contributed by atoms with E-state index in [9.17, 15) is 4.79 Å². The van der Waals surface area contributed by atoms with E-state index in [2.05, 4.69) is 40.4 Å². The van der Waals surface area contributed by atoms with Crippen LogP contribution in [0.1, 0.15) is 24.2 Å². The van der Waals surface area contributed by atoms with Gasteiger partial charge in [0.2, 0.25) is 0 Å². The van der Waals surface area contributed by atoms with Gasteiger partial charge in [-0.15, -0.1) is 0 Å². The van der Waals surface area contributed by atoms with Crippen molar-refractivity contribution in [2.24, 2.45) is 0 Å². The molecule has 0 spiro atoms. The molecular formula is C14H14BrNO. The van der Waals surface area contributed by atoms with Gasteiger partial charge in [-0.05, 0) is 35.8 Å². The highest BCUT2D eigenvalue weighted by Crippen LogP contribution is 2.29. The van der Waals surface area contributed by atoms with Gasteiger partial charge in [0.1, 0.15) is 0 Å². The molecule has 0 amide bonds. The Morgan fingerprint density at radius 2 is 2.06 bits per heavy atom. The SMILES string of the molecule is CC(C)=CCn1c(Br)c(C=O)c2ccccc21. The van der Waals surface area contributed by atoms with Crippen LogP contribution in [0.15, 0.2) is 40.5 Å². The van der Waals surface area contributed by atoms with E-state index in [-0.39, 0.29) is 0 Å². The Morgan fingerprint density at radius 1 is 1.35 bits per heavy atom. The molecule has 88 valence electrons. The Hall–Kier alpha value is -1.35. The number of aromatic nitrogens is 1. The monoisotopic (exact) mass is 291 g/mol. The minimum atomic E-state index is 0.725. The van der Waals surface area contributed by atoms with Crippen LogP contribution in [0.4, 0.5) is 0 Å². The average molecular weight is 292 g/mol. The van der Waals surface area contributed by atoms with Gasteiger partial charge in [-0.3, -0.25) is 4.79 Å². The van der Waals surface area contributed by atoms with Crippen LogP contribution in [0.2, 0.25) is 0 Å². The zero-order valence-corrected chi connectivity index (χ0v) is 11.5. The van der Waals surface area contributed by atoms with Gasteiger partial charge in [0.15, 0.2) is 6.29 Å². The van der Waals surface area contributed by atoms with E-state index in [1.165, 1.54) is 5.57 Å². The Labute approximate surface area is 109 Å². The third kappa shape index (κ3) is 2.20. The molecule has 1 aromatic carbocycles. The highest BCUT2D eigenvalue weighted by atomic mass is 79.9. The van der Waals surface area contributed by atoms with Crippen molar-refractivity contribution in [1.29, 1.82) is 0 Å². The number of carbonyl (C=O) groups is 1. The van der Waals surface area contributed by atoms with Gasteiger partial charge >= 0.3 is 0 Å². The molecule has 0 aliphatic heterocycles. The molecule has 0 saturated heterocycles. The van der Waals surface area contributed by atoms with Gasteiger partial charge in [0.05, 0.1) is 10.2 Å². The molecule has 2 rings (SSSR count). The largest absolute Gasteiger partial charge is 0.331 e. The van der Waals surface area contributed by atoms with E-state index in [0.29, 0.717) is 0 Å². The number of hydrogen-bond acceptors (Lipinski definition) is 1. The van der Waals surface area contributed by atoms with Crippen LogP contribution in [-0.4, -0.2) is 10.9 Å². The summed E-state index contributed by atoms with van der Waals surface area (Å²) in [6.45, 7) is 4.91. The second kappa shape index (κ2) is 4.88. The molecule has 17 heavy (non-hydrogen) atoms. The summed E-state index contributed by atoms with van der Waals surface area (Å²) in [6.07, 6.45) is 3.05. The van der Waals surface area contributed by atoms with Crippen LogP contribution in [-0.2, 0) is 6.54 Å². The maximum Gasteiger partial charge on any atom is 0.153 e. The molecule has 0 aliphatic carbocycles. The lowest BCUT2D eigenvalue weighted by atomic mass is 10.2. The molecule has 0 atom stereocenters. The predicted octanol–water partition coefficient (Wildman–Crippen LogP) is 4.18. The van der Waals surface area contributed by atoms with Crippen molar-refractivity contribution in [3.63, 3.8) is 0 Å². The quantitative estimate of drug-likeness (QED) is 0.614. The van der Waals surface area contributed by atoms with Crippen LogP contribution < -0.4 is 0 Å². The highest BCUT2D eigenvalue weighted by Gasteiger charge is 2.12. The standard InChI is InChI=1S/C14H14BrNO/c1-10(2)7-8-16-13-6-4-3-5-11(13)12(9-17)14(16)15/h3-7,9H,8H2,1-2H3. The lowest BCUT2D eigenvalue weighted by molar-refractivity contribution is 0.112. The van der Waals surface area contributed by atoms with Gasteiger partial charge in [-0.25, -0.2) is 0 Å². The minimum absolute atomic E-state index is 0.725. The summed E-state index contributed by atoms with van der Waals surface area (Å²) in [6, 6.07) is 7.95. The Morgan fingerprint density at radius 3 is 2.71 bits per heavy atom. The van der Waals surface area contributed by atoms with Crippen molar-refractivity contribution in [1.82, 2.24) is 4.57 Å². The highest BCUT2D eigenvalue weighted by molar-refractivity contribution is 9.10. The first-order chi connectivity index (χ1) is 8.15. The van der Waals surface area contributed by atoms with Crippen molar-refractivity contribution in [3.05, 3.63) is 46.1 Å². The number of hydrogen-bond donors (Lipinski definition) is 0. The number of halogens is 1. The molecule has 0 fully saturated rings. The maximum absolute atomic E-state index is 11.1. The fourth-order valence-electron chi connectivity index (χ4n) is 1.86. The second-order valence-corrected chi connectivity index (χ2v) is 4.98. The number of nitrogens with zero attached hydrogens (tertiary/aromatic N) is 1. The van der Waals surface area contributed by atoms with Crippen LogP contribution in [0.25, 0.3) is 10.9 Å². The molecule has 0 unspecified atom stereocenters. The molecule has 0 N–H and O–H groups in total. The van der Waals surface area contributed by atoms with E-state index in [0.717, 1.165) is 33.9 Å². The molecule has 1 heterocycles. The van der Waals surface area contributed by atoms with Crippen molar-refractivity contribution in [2.45, 2.75) is 20.4 Å². The predicted molar refractivity (Wildman–Crippen MR) is 74.5 cm³/mol. The van der Waals surface area contributed by atoms with Gasteiger partial charge in [0.25, 0.3) is 0 Å². The third-order valence-electron chi connectivity index (χ3n) is 2.74. The first-order valence-corrected chi connectivity index (χ1v) is 6.29. The molecule has 2 aromatic rings. The lowest BCUT2D eigenvalue weighted by Gasteiger charge is -2.03. The first-order valence-electron chi connectivity index (χ1n) is 5.50. The van der Waals surface area contributed by atoms with Crippen LogP contribution in [0.5, 0.6) is 0 Å². The summed E-state index contributed by atoms with van der Waals surface area (Å²) in [5, 5.41) is 0.997. The van der Waals surface area contributed by atoms with E-state index >= 15 is 0 Å². The average Bonchev–Trinajstić information content (AvgIpc) is 2.58. The summed E-state index contributed by atoms with van der Waals surface area (Å²) >= 11 is 3.51. The maximum atomic E-state index is 11.1. The summed E-state index contributed by atoms with van der Waals surface area (Å²) in [5.41, 5.74) is 3.07. The van der Waals surface area contributed by atoms with Crippen molar-refractivity contribution in [3.8, 4) is 0 Å². The third-order valence-corrected chi connectivity index (χ3v) is 3.60. The van der Waals surface area contributed by atoms with Crippen LogP contribution in [0, 0.1) is 0 Å². The van der Waals surface area contributed by atoms with E-state index in [1.54, 1.807) is 0 Å². The normalized spacial score (nSPS) is 10.5. The van der Waals surface area contributed by atoms with Gasteiger partial charge in [-0.2, -0.15) is 0 Å². The van der Waals surface area contributed by atoms with Gasteiger partial charge in [-0.1, -0.05) is 29.8 Å². The Bertz CT molecular complexity index is 592. The molecule has 1 aromatic heterocycles. The zero-order valence-electron chi connectivity index (χ0n) is 9.90. The number of rotatable bonds is 3. The number of allylic oxidation sites excluding steroid dienone is 2. The minimum Gasteiger partial charge on any atom is -0.331 e. The number of carbonyl (C=O) groups excluding carboxylic acids is 1. The Balaban J connectivity index is 2.65. The van der Waals surface area contributed by atoms with Gasteiger partial charge < -0.3 is 4.57 Å². The van der Waals surface area contributed by atoms with Crippen LogP contribution in [0.3, 0.4) is 0 Å². The summed E-state index contributed by atoms with van der Waals surface area (Å²) in [5.74, 6) is 0. The second-order valence-electron chi connectivity index (χ2n) is 4.23. The van der Waals surface area contributed by atoms with E-state index in [1.807, 2.05) is 24.3 Å². The van der Waals surface area contributed by atoms with Crippen molar-refractivity contribution >= 4 is 33.1 Å². The fourth-order valence-corrected chi connectivity index (χ4v) is 2.51. The fraction of sp³-hybridized carbons (Fsp3) is 0.214.